The second-order valence-electron chi connectivity index (χ2n) is 10.6. The van der Waals surface area contributed by atoms with E-state index in [1.165, 1.54) is 18.2 Å². The zero-order valence-corrected chi connectivity index (χ0v) is 23.0. The number of methoxy groups -OCH3 is 1. The molecule has 0 radical (unpaired) electrons. The summed E-state index contributed by atoms with van der Waals surface area (Å²) < 4.78 is 12.3. The molecule has 2 aromatic rings. The van der Waals surface area contributed by atoms with Crippen LogP contribution >= 0.6 is 0 Å². The standard InChI is InChI=1S/C28H40O3Si/c1-17-13-19(3)23(20(4)14-17)25(27(29)30-10)26(31-32(11,12)28(7,8)9)24-21(5)15-18(2)16-22(24)6/h13-16H,1-12H3/b26-25+. The van der Waals surface area contributed by atoms with Crippen LogP contribution in [0.5, 0.6) is 0 Å². The minimum Gasteiger partial charge on any atom is -0.542 e. The zero-order valence-electron chi connectivity index (χ0n) is 22.0. The number of esters is 1. The third-order valence-electron chi connectivity index (χ3n) is 6.61. The molecular formula is C28H40O3Si. The van der Waals surface area contributed by atoms with E-state index >= 15 is 0 Å². The Bertz CT molecular complexity index is 1020. The van der Waals surface area contributed by atoms with Crippen LogP contribution in [0.1, 0.15) is 65.3 Å². The Morgan fingerprint density at radius 1 is 0.750 bits per heavy atom. The molecule has 0 amide bonds. The lowest BCUT2D eigenvalue weighted by Gasteiger charge is -2.38. The van der Waals surface area contributed by atoms with Crippen molar-refractivity contribution in [2.75, 3.05) is 7.11 Å². The summed E-state index contributed by atoms with van der Waals surface area (Å²) in [5.41, 5.74) is 9.04. The number of carbonyl (C=O) groups is 1. The normalized spacial score (nSPS) is 13.0. The Kier molecular flexibility index (Phi) is 7.51. The van der Waals surface area contributed by atoms with E-state index in [-0.39, 0.29) is 11.0 Å². The van der Waals surface area contributed by atoms with Crippen molar-refractivity contribution in [3.05, 3.63) is 68.8 Å². The molecule has 2 rings (SSSR count). The smallest absolute Gasteiger partial charge is 0.342 e. The van der Waals surface area contributed by atoms with Crippen LogP contribution in [0.25, 0.3) is 11.3 Å². The lowest BCUT2D eigenvalue weighted by atomic mass is 9.89. The highest BCUT2D eigenvalue weighted by Gasteiger charge is 2.41. The van der Waals surface area contributed by atoms with Crippen molar-refractivity contribution in [3.63, 3.8) is 0 Å². The van der Waals surface area contributed by atoms with E-state index in [0.717, 1.165) is 33.4 Å². The Balaban J connectivity index is 3.08. The van der Waals surface area contributed by atoms with Gasteiger partial charge in [0.1, 0.15) is 11.3 Å². The summed E-state index contributed by atoms with van der Waals surface area (Å²) in [6, 6.07) is 8.54. The number of hydrogen-bond donors (Lipinski definition) is 0. The number of benzene rings is 2. The van der Waals surface area contributed by atoms with Crippen molar-refractivity contribution in [1.29, 1.82) is 0 Å². The van der Waals surface area contributed by atoms with Crippen LogP contribution in [-0.2, 0) is 14.0 Å². The van der Waals surface area contributed by atoms with Crippen LogP contribution in [0.4, 0.5) is 0 Å². The fraction of sp³-hybridized carbons (Fsp3) is 0.464. The summed E-state index contributed by atoms with van der Waals surface area (Å²) in [6.45, 7) is 23.5. The maximum Gasteiger partial charge on any atom is 0.342 e. The molecular weight excluding hydrogens is 412 g/mol. The summed E-state index contributed by atoms with van der Waals surface area (Å²) in [5.74, 6) is 0.279. The molecule has 0 saturated heterocycles. The van der Waals surface area contributed by atoms with Gasteiger partial charge in [0.25, 0.3) is 8.32 Å². The molecule has 0 aromatic heterocycles. The molecule has 32 heavy (non-hydrogen) atoms. The summed E-state index contributed by atoms with van der Waals surface area (Å²) >= 11 is 0. The van der Waals surface area contributed by atoms with Crippen molar-refractivity contribution < 1.29 is 14.0 Å². The van der Waals surface area contributed by atoms with Crippen molar-refractivity contribution >= 4 is 25.6 Å². The molecule has 0 fully saturated rings. The van der Waals surface area contributed by atoms with Gasteiger partial charge < -0.3 is 9.16 Å². The second-order valence-corrected chi connectivity index (χ2v) is 15.3. The molecule has 0 aliphatic carbocycles. The molecule has 0 unspecified atom stereocenters. The van der Waals surface area contributed by atoms with E-state index in [9.17, 15) is 4.79 Å². The fourth-order valence-corrected chi connectivity index (χ4v) is 5.18. The lowest BCUT2D eigenvalue weighted by molar-refractivity contribution is -0.133. The quantitative estimate of drug-likeness (QED) is 0.154. The summed E-state index contributed by atoms with van der Waals surface area (Å²) in [6.07, 6.45) is 0. The number of hydrogen-bond acceptors (Lipinski definition) is 3. The number of rotatable bonds is 5. The third kappa shape index (κ3) is 5.17. The highest BCUT2D eigenvalue weighted by molar-refractivity contribution is 6.75. The SMILES string of the molecule is COC(=O)/C(=C(/O[Si](C)(C)C(C)(C)C)c1c(C)cc(C)cc1C)c1c(C)cc(C)cc1C. The summed E-state index contributed by atoms with van der Waals surface area (Å²) in [7, 11) is -0.831. The average Bonchev–Trinajstić information content (AvgIpc) is 2.61. The van der Waals surface area contributed by atoms with Crippen molar-refractivity contribution in [2.45, 2.75) is 80.4 Å². The molecule has 174 valence electrons. The van der Waals surface area contributed by atoms with Crippen LogP contribution in [0.3, 0.4) is 0 Å². The van der Waals surface area contributed by atoms with Gasteiger partial charge in [-0.3, -0.25) is 0 Å². The maximum atomic E-state index is 13.4. The fourth-order valence-electron chi connectivity index (χ4n) is 4.16. The second kappa shape index (κ2) is 9.26. The first-order valence-electron chi connectivity index (χ1n) is 11.3. The van der Waals surface area contributed by atoms with Gasteiger partial charge in [-0.1, -0.05) is 56.2 Å². The van der Waals surface area contributed by atoms with Crippen LogP contribution in [0.15, 0.2) is 24.3 Å². The first-order chi connectivity index (χ1) is 14.6. The molecule has 3 nitrogen and oxygen atoms in total. The van der Waals surface area contributed by atoms with Gasteiger partial charge in [0, 0.05) is 5.56 Å². The van der Waals surface area contributed by atoms with Crippen LogP contribution in [0.2, 0.25) is 18.1 Å². The van der Waals surface area contributed by atoms with Crippen molar-refractivity contribution in [1.82, 2.24) is 0 Å². The Labute approximate surface area is 196 Å². The highest BCUT2D eigenvalue weighted by Crippen LogP contribution is 2.43. The van der Waals surface area contributed by atoms with Gasteiger partial charge in [-0.25, -0.2) is 4.79 Å². The predicted molar refractivity (Wildman–Crippen MR) is 138 cm³/mol. The molecule has 0 heterocycles. The molecule has 0 bridgehead atoms. The molecule has 4 heteroatoms. The molecule has 0 spiro atoms. The largest absolute Gasteiger partial charge is 0.542 e. The molecule has 0 aliphatic heterocycles. The monoisotopic (exact) mass is 452 g/mol. The van der Waals surface area contributed by atoms with E-state index in [0.29, 0.717) is 11.3 Å². The Morgan fingerprint density at radius 2 is 1.12 bits per heavy atom. The van der Waals surface area contributed by atoms with E-state index in [1.807, 2.05) is 0 Å². The molecule has 0 aliphatic rings. The highest BCUT2D eigenvalue weighted by atomic mass is 28.4. The van der Waals surface area contributed by atoms with Crippen LogP contribution in [-0.4, -0.2) is 21.4 Å². The minimum atomic E-state index is -2.28. The Morgan fingerprint density at radius 3 is 1.47 bits per heavy atom. The van der Waals surface area contributed by atoms with Gasteiger partial charge in [-0.15, -0.1) is 0 Å². The van der Waals surface area contributed by atoms with E-state index in [4.69, 9.17) is 9.16 Å². The first-order valence-corrected chi connectivity index (χ1v) is 14.2. The number of ether oxygens (including phenoxy) is 1. The summed E-state index contributed by atoms with van der Waals surface area (Å²) in [4.78, 5) is 13.4. The van der Waals surface area contributed by atoms with E-state index in [2.05, 4.69) is 99.7 Å². The predicted octanol–water partition coefficient (Wildman–Crippen LogP) is 7.60. The van der Waals surface area contributed by atoms with Gasteiger partial charge in [0.15, 0.2) is 0 Å². The third-order valence-corrected chi connectivity index (χ3v) is 10.9. The van der Waals surface area contributed by atoms with Gasteiger partial charge in [-0.05, 0) is 87.5 Å². The van der Waals surface area contributed by atoms with Crippen molar-refractivity contribution in [2.24, 2.45) is 0 Å². The number of carbonyl (C=O) groups excluding carboxylic acids is 1. The molecule has 0 N–H and O–H groups in total. The summed E-state index contributed by atoms with van der Waals surface area (Å²) in [5, 5.41) is -0.0245. The van der Waals surface area contributed by atoms with Crippen LogP contribution in [0, 0.1) is 41.5 Å². The van der Waals surface area contributed by atoms with Gasteiger partial charge in [0.05, 0.1) is 7.11 Å². The average molecular weight is 453 g/mol. The zero-order chi connectivity index (χ0) is 24.6. The molecule has 0 saturated carbocycles. The number of aryl methyl sites for hydroxylation is 6. The topological polar surface area (TPSA) is 35.5 Å². The first kappa shape index (κ1) is 25.9. The molecule has 0 atom stereocenters. The maximum absolute atomic E-state index is 13.4. The van der Waals surface area contributed by atoms with Gasteiger partial charge >= 0.3 is 5.97 Å². The lowest BCUT2D eigenvalue weighted by Crippen LogP contribution is -2.40. The molecule has 2 aromatic carbocycles. The van der Waals surface area contributed by atoms with E-state index in [1.54, 1.807) is 0 Å². The van der Waals surface area contributed by atoms with E-state index < -0.39 is 8.32 Å². The van der Waals surface area contributed by atoms with Crippen LogP contribution < -0.4 is 0 Å². The Hall–Kier alpha value is -2.33. The van der Waals surface area contributed by atoms with Crippen molar-refractivity contribution in [3.8, 4) is 0 Å². The van der Waals surface area contributed by atoms with Gasteiger partial charge in [0.2, 0.25) is 0 Å². The van der Waals surface area contributed by atoms with Gasteiger partial charge in [-0.2, -0.15) is 0 Å². The minimum absolute atomic E-state index is 0.0245.